The molecule has 2 aliphatic rings. The van der Waals surface area contributed by atoms with Crippen LogP contribution in [0.4, 0.5) is 11.6 Å². The van der Waals surface area contributed by atoms with Crippen LogP contribution in [0.25, 0.3) is 5.57 Å². The first-order chi connectivity index (χ1) is 13.0. The summed E-state index contributed by atoms with van der Waals surface area (Å²) in [5.41, 5.74) is 4.55. The van der Waals surface area contributed by atoms with Gasteiger partial charge in [0.25, 0.3) is 5.91 Å². The molecule has 0 spiro atoms. The third-order valence-corrected chi connectivity index (χ3v) is 5.62. The third kappa shape index (κ3) is 3.01. The highest BCUT2D eigenvalue weighted by Gasteiger charge is 2.34. The Bertz CT molecular complexity index is 921. The van der Waals surface area contributed by atoms with Crippen molar-refractivity contribution in [2.75, 3.05) is 16.3 Å². The number of allylic oxidation sites excluding steroid dienone is 1. The summed E-state index contributed by atoms with van der Waals surface area (Å²) < 4.78 is 0. The van der Waals surface area contributed by atoms with Gasteiger partial charge >= 0.3 is 0 Å². The van der Waals surface area contributed by atoms with E-state index in [1.165, 1.54) is 12.8 Å². The quantitative estimate of drug-likeness (QED) is 0.817. The minimum absolute atomic E-state index is 0.0153. The molecule has 0 aliphatic carbocycles. The summed E-state index contributed by atoms with van der Waals surface area (Å²) in [5.74, 6) is 1.63. The zero-order valence-corrected chi connectivity index (χ0v) is 16.3. The van der Waals surface area contributed by atoms with Gasteiger partial charge in [-0.3, -0.25) is 9.69 Å². The summed E-state index contributed by atoms with van der Waals surface area (Å²) in [5, 5.41) is 0. The normalized spacial score (nSPS) is 18.9. The molecule has 2 aromatic rings. The molecule has 0 N–H and O–H groups in total. The number of pyridine rings is 2. The summed E-state index contributed by atoms with van der Waals surface area (Å²) in [6.07, 6.45) is 3.18. The van der Waals surface area contributed by atoms with E-state index in [4.69, 9.17) is 4.98 Å². The van der Waals surface area contributed by atoms with Gasteiger partial charge in [0.15, 0.2) is 0 Å². The second-order valence-electron chi connectivity index (χ2n) is 7.54. The molecule has 0 radical (unpaired) electrons. The van der Waals surface area contributed by atoms with E-state index < -0.39 is 0 Å². The van der Waals surface area contributed by atoms with E-state index in [1.54, 1.807) is 4.90 Å². The average molecular weight is 362 g/mol. The fraction of sp³-hybridized carbons (Fsp3) is 0.409. The Labute approximate surface area is 160 Å². The maximum Gasteiger partial charge on any atom is 0.260 e. The largest absolute Gasteiger partial charge is 0.354 e. The Balaban J connectivity index is 1.73. The lowest BCUT2D eigenvalue weighted by Gasteiger charge is -2.23. The van der Waals surface area contributed by atoms with Crippen molar-refractivity contribution in [3.8, 4) is 0 Å². The second kappa shape index (κ2) is 6.80. The number of carbonyl (C=O) groups excluding carboxylic acids is 1. The number of nitrogens with zero attached hydrogens (tertiary/aromatic N) is 4. The number of anilines is 2. The highest BCUT2D eigenvalue weighted by Crippen LogP contribution is 2.34. The molecule has 0 aromatic carbocycles. The summed E-state index contributed by atoms with van der Waals surface area (Å²) in [6.45, 7) is 11.8. The van der Waals surface area contributed by atoms with Crippen molar-refractivity contribution in [3.05, 3.63) is 53.4 Å². The van der Waals surface area contributed by atoms with Crippen molar-refractivity contribution in [1.29, 1.82) is 0 Å². The van der Waals surface area contributed by atoms with Crippen LogP contribution < -0.4 is 9.80 Å². The Morgan fingerprint density at radius 1 is 1.30 bits per heavy atom. The molecule has 1 atom stereocenters. The second-order valence-corrected chi connectivity index (χ2v) is 7.54. The average Bonchev–Trinajstić information content (AvgIpc) is 3.24. The summed E-state index contributed by atoms with van der Waals surface area (Å²) >= 11 is 0. The lowest BCUT2D eigenvalue weighted by atomic mass is 10.1. The van der Waals surface area contributed by atoms with Gasteiger partial charge in [0.2, 0.25) is 0 Å². The van der Waals surface area contributed by atoms with Gasteiger partial charge in [0.05, 0.1) is 17.8 Å². The molecule has 5 nitrogen and oxygen atoms in total. The number of hydrogen-bond donors (Lipinski definition) is 0. The minimum Gasteiger partial charge on any atom is -0.354 e. The molecule has 4 heterocycles. The summed E-state index contributed by atoms with van der Waals surface area (Å²) in [4.78, 5) is 26.8. The van der Waals surface area contributed by atoms with E-state index in [-0.39, 0.29) is 5.91 Å². The Kier molecular flexibility index (Phi) is 4.46. The van der Waals surface area contributed by atoms with Crippen LogP contribution in [0.2, 0.25) is 0 Å². The minimum atomic E-state index is 0.0153. The zero-order chi connectivity index (χ0) is 19.1. The summed E-state index contributed by atoms with van der Waals surface area (Å²) in [6, 6.07) is 8.20. The number of carbonyl (C=O) groups is 1. The maximum absolute atomic E-state index is 13.2. The SMILES string of the molecule is C=C(C)c1cccc(N2Cc3c(cc(N4CCCC4C)nc3CC)C2=O)n1. The fourth-order valence-electron chi connectivity index (χ4n) is 4.06. The van der Waals surface area contributed by atoms with Crippen LogP contribution >= 0.6 is 0 Å². The van der Waals surface area contributed by atoms with Crippen molar-refractivity contribution in [2.24, 2.45) is 0 Å². The molecule has 0 saturated carbocycles. The molecule has 5 heteroatoms. The van der Waals surface area contributed by atoms with Gasteiger partial charge in [-0.05, 0) is 56.9 Å². The van der Waals surface area contributed by atoms with Gasteiger partial charge in [-0.15, -0.1) is 0 Å². The number of fused-ring (bicyclic) bond motifs is 1. The Hall–Kier alpha value is -2.69. The van der Waals surface area contributed by atoms with Gasteiger partial charge in [-0.1, -0.05) is 19.6 Å². The molecule has 2 aliphatic heterocycles. The number of aryl methyl sites for hydroxylation is 1. The van der Waals surface area contributed by atoms with E-state index >= 15 is 0 Å². The molecule has 1 fully saturated rings. The van der Waals surface area contributed by atoms with E-state index in [0.29, 0.717) is 18.4 Å². The van der Waals surface area contributed by atoms with Gasteiger partial charge in [-0.25, -0.2) is 9.97 Å². The molecule has 1 saturated heterocycles. The fourth-order valence-corrected chi connectivity index (χ4v) is 4.06. The predicted molar refractivity (Wildman–Crippen MR) is 109 cm³/mol. The molecular formula is C22H26N4O. The van der Waals surface area contributed by atoms with Crippen molar-refractivity contribution in [1.82, 2.24) is 9.97 Å². The third-order valence-electron chi connectivity index (χ3n) is 5.62. The molecule has 1 amide bonds. The first-order valence-corrected chi connectivity index (χ1v) is 9.73. The smallest absolute Gasteiger partial charge is 0.260 e. The van der Waals surface area contributed by atoms with Gasteiger partial charge in [-0.2, -0.15) is 0 Å². The molecule has 140 valence electrons. The molecular weight excluding hydrogens is 336 g/mol. The monoisotopic (exact) mass is 362 g/mol. The van der Waals surface area contributed by atoms with E-state index in [1.807, 2.05) is 31.2 Å². The highest BCUT2D eigenvalue weighted by atomic mass is 16.2. The Morgan fingerprint density at radius 2 is 2.11 bits per heavy atom. The molecule has 2 aromatic heterocycles. The maximum atomic E-state index is 13.2. The van der Waals surface area contributed by atoms with Crippen LogP contribution in [0.15, 0.2) is 30.8 Å². The predicted octanol–water partition coefficient (Wildman–Crippen LogP) is 4.22. The van der Waals surface area contributed by atoms with Crippen LogP contribution in [0, 0.1) is 0 Å². The van der Waals surface area contributed by atoms with Gasteiger partial charge in [0, 0.05) is 23.8 Å². The molecule has 4 rings (SSSR count). The number of hydrogen-bond acceptors (Lipinski definition) is 4. The first-order valence-electron chi connectivity index (χ1n) is 9.73. The molecule has 1 unspecified atom stereocenters. The van der Waals surface area contributed by atoms with Crippen molar-refractivity contribution >= 4 is 23.1 Å². The summed E-state index contributed by atoms with van der Waals surface area (Å²) in [7, 11) is 0. The lowest BCUT2D eigenvalue weighted by Crippen LogP contribution is -2.28. The van der Waals surface area contributed by atoms with Crippen LogP contribution in [0.3, 0.4) is 0 Å². The van der Waals surface area contributed by atoms with Crippen molar-refractivity contribution in [2.45, 2.75) is 52.6 Å². The standard InChI is InChI=1S/C22H26N4O/c1-5-18-17-13-26(20-10-6-9-19(24-20)14(2)3)22(27)16(17)12-21(23-18)25-11-7-8-15(25)4/h6,9-10,12,15H,2,5,7-8,11,13H2,1,3-4H3. The van der Waals surface area contributed by atoms with Crippen molar-refractivity contribution in [3.63, 3.8) is 0 Å². The van der Waals surface area contributed by atoms with Crippen LogP contribution in [0.5, 0.6) is 0 Å². The number of rotatable bonds is 4. The van der Waals surface area contributed by atoms with Gasteiger partial charge < -0.3 is 4.90 Å². The number of aromatic nitrogens is 2. The van der Waals surface area contributed by atoms with Crippen LogP contribution in [0.1, 0.15) is 60.9 Å². The first kappa shape index (κ1) is 17.7. The van der Waals surface area contributed by atoms with Crippen molar-refractivity contribution < 1.29 is 4.79 Å². The van der Waals surface area contributed by atoms with Crippen LogP contribution in [-0.2, 0) is 13.0 Å². The van der Waals surface area contributed by atoms with E-state index in [9.17, 15) is 4.79 Å². The van der Waals surface area contributed by atoms with Gasteiger partial charge in [0.1, 0.15) is 11.6 Å². The Morgan fingerprint density at radius 3 is 2.78 bits per heavy atom. The lowest BCUT2D eigenvalue weighted by molar-refractivity contribution is 0.0996. The molecule has 27 heavy (non-hydrogen) atoms. The zero-order valence-electron chi connectivity index (χ0n) is 16.3. The molecule has 0 bridgehead atoms. The highest BCUT2D eigenvalue weighted by molar-refractivity contribution is 6.10. The van der Waals surface area contributed by atoms with Crippen LogP contribution in [-0.4, -0.2) is 28.5 Å². The topological polar surface area (TPSA) is 49.3 Å². The number of amides is 1. The van der Waals surface area contributed by atoms with E-state index in [0.717, 1.165) is 46.9 Å². The van der Waals surface area contributed by atoms with E-state index in [2.05, 4.69) is 30.3 Å².